The molecule has 2 N–H and O–H groups in total. The van der Waals surface area contributed by atoms with Crippen LogP contribution < -0.4 is 10.1 Å². The summed E-state index contributed by atoms with van der Waals surface area (Å²) in [5.41, 5.74) is 1.23. The van der Waals surface area contributed by atoms with Crippen molar-refractivity contribution >= 4 is 11.8 Å². The van der Waals surface area contributed by atoms with Gasteiger partial charge in [0.05, 0.1) is 7.11 Å². The second-order valence-corrected chi connectivity index (χ2v) is 6.07. The highest BCUT2D eigenvalue weighted by molar-refractivity contribution is 7.99. The molecule has 0 amide bonds. The minimum Gasteiger partial charge on any atom is -0.497 e. The van der Waals surface area contributed by atoms with Gasteiger partial charge in [-0.3, -0.25) is 0 Å². The second kappa shape index (κ2) is 7.78. The molecular formula is C15H23NO2S. The number of benzene rings is 1. The first-order valence-corrected chi connectivity index (χ1v) is 8.07. The zero-order valence-corrected chi connectivity index (χ0v) is 12.3. The van der Waals surface area contributed by atoms with Gasteiger partial charge in [0.2, 0.25) is 0 Å². The Morgan fingerprint density at radius 3 is 2.79 bits per heavy atom. The van der Waals surface area contributed by atoms with E-state index in [0.717, 1.165) is 12.2 Å². The van der Waals surface area contributed by atoms with E-state index in [4.69, 9.17) is 4.74 Å². The normalized spacial score (nSPS) is 21.1. The summed E-state index contributed by atoms with van der Waals surface area (Å²) in [6, 6.07) is 8.94. The van der Waals surface area contributed by atoms with Gasteiger partial charge in [-0.2, -0.15) is 11.8 Å². The maximum Gasteiger partial charge on any atom is 0.118 e. The van der Waals surface area contributed by atoms with Crippen molar-refractivity contribution in [3.8, 4) is 5.75 Å². The first kappa shape index (κ1) is 14.7. The Bertz CT molecular complexity index is 363. The Morgan fingerprint density at radius 2 is 2.21 bits per heavy atom. The van der Waals surface area contributed by atoms with Crippen LogP contribution in [0.25, 0.3) is 0 Å². The number of rotatable bonds is 6. The van der Waals surface area contributed by atoms with Crippen LogP contribution in [0.3, 0.4) is 0 Å². The lowest BCUT2D eigenvalue weighted by Gasteiger charge is -2.28. The number of hydrogen-bond donors (Lipinski definition) is 2. The van der Waals surface area contributed by atoms with Gasteiger partial charge in [0.1, 0.15) is 5.75 Å². The molecule has 0 unspecified atom stereocenters. The van der Waals surface area contributed by atoms with Gasteiger partial charge in [-0.1, -0.05) is 12.1 Å². The highest BCUT2D eigenvalue weighted by Gasteiger charge is 2.19. The van der Waals surface area contributed by atoms with E-state index >= 15 is 0 Å². The lowest BCUT2D eigenvalue weighted by molar-refractivity contribution is 0.258. The number of thioether (sulfide) groups is 1. The van der Waals surface area contributed by atoms with Crippen LogP contribution in [0.4, 0.5) is 0 Å². The van der Waals surface area contributed by atoms with E-state index in [9.17, 15) is 5.11 Å². The monoisotopic (exact) mass is 281 g/mol. The minimum atomic E-state index is 0.212. The maximum atomic E-state index is 9.26. The van der Waals surface area contributed by atoms with Crippen molar-refractivity contribution in [1.82, 2.24) is 5.32 Å². The summed E-state index contributed by atoms with van der Waals surface area (Å²) < 4.78 is 5.19. The molecule has 1 saturated heterocycles. The van der Waals surface area contributed by atoms with E-state index in [1.54, 1.807) is 7.11 Å². The Balaban J connectivity index is 2.00. The summed E-state index contributed by atoms with van der Waals surface area (Å²) in [4.78, 5) is 0. The summed E-state index contributed by atoms with van der Waals surface area (Å²) in [7, 11) is 1.68. The Morgan fingerprint density at radius 1 is 1.42 bits per heavy atom. The third-order valence-corrected chi connectivity index (χ3v) is 4.75. The SMILES string of the molecule is COc1ccc([C@H](CCO)N[C@H]2CCCSC2)cc1. The fourth-order valence-corrected chi connectivity index (χ4v) is 3.55. The van der Waals surface area contributed by atoms with Crippen molar-refractivity contribution in [2.45, 2.75) is 31.3 Å². The highest BCUT2D eigenvalue weighted by Crippen LogP contribution is 2.24. The van der Waals surface area contributed by atoms with Crippen LogP contribution in [-0.2, 0) is 0 Å². The molecule has 4 heteroatoms. The topological polar surface area (TPSA) is 41.5 Å². The molecule has 1 aliphatic heterocycles. The van der Waals surface area contributed by atoms with Gasteiger partial charge in [0.15, 0.2) is 0 Å². The summed E-state index contributed by atoms with van der Waals surface area (Å²) in [5.74, 6) is 3.34. The van der Waals surface area contributed by atoms with Crippen LogP contribution in [0, 0.1) is 0 Å². The molecule has 3 nitrogen and oxygen atoms in total. The number of nitrogens with one attached hydrogen (secondary N) is 1. The molecule has 0 aromatic heterocycles. The molecule has 1 heterocycles. The molecule has 1 aromatic carbocycles. The summed E-state index contributed by atoms with van der Waals surface area (Å²) in [6.07, 6.45) is 3.29. The standard InChI is InChI=1S/C15H23NO2S/c1-18-14-6-4-12(5-7-14)15(8-9-17)16-13-3-2-10-19-11-13/h4-7,13,15-17H,2-3,8-11H2,1H3/t13-,15-/m0/s1. The van der Waals surface area contributed by atoms with Crippen molar-refractivity contribution in [2.24, 2.45) is 0 Å². The van der Waals surface area contributed by atoms with E-state index < -0.39 is 0 Å². The van der Waals surface area contributed by atoms with Crippen molar-refractivity contribution in [3.63, 3.8) is 0 Å². The van der Waals surface area contributed by atoms with Gasteiger partial charge < -0.3 is 15.2 Å². The molecule has 0 bridgehead atoms. The van der Waals surface area contributed by atoms with Gasteiger partial charge >= 0.3 is 0 Å². The Labute approximate surface area is 119 Å². The third-order valence-electron chi connectivity index (χ3n) is 3.53. The van der Waals surface area contributed by atoms with Crippen LogP contribution in [0.2, 0.25) is 0 Å². The van der Waals surface area contributed by atoms with Crippen LogP contribution in [0.15, 0.2) is 24.3 Å². The van der Waals surface area contributed by atoms with Crippen molar-refractivity contribution < 1.29 is 9.84 Å². The van der Waals surface area contributed by atoms with E-state index in [-0.39, 0.29) is 12.6 Å². The van der Waals surface area contributed by atoms with Crippen molar-refractivity contribution in [1.29, 1.82) is 0 Å². The molecule has 19 heavy (non-hydrogen) atoms. The second-order valence-electron chi connectivity index (χ2n) is 4.92. The zero-order chi connectivity index (χ0) is 13.5. The van der Waals surface area contributed by atoms with E-state index in [1.807, 2.05) is 23.9 Å². The Hall–Kier alpha value is -0.710. The molecule has 1 fully saturated rings. The largest absolute Gasteiger partial charge is 0.497 e. The predicted octanol–water partition coefficient (Wildman–Crippen LogP) is 2.60. The van der Waals surface area contributed by atoms with E-state index in [1.165, 1.54) is 29.9 Å². The van der Waals surface area contributed by atoms with Gasteiger partial charge in [-0.05, 0) is 42.7 Å². The van der Waals surface area contributed by atoms with Crippen LogP contribution in [-0.4, -0.2) is 36.4 Å². The first-order chi connectivity index (χ1) is 9.33. The average molecular weight is 281 g/mol. The van der Waals surface area contributed by atoms with Gasteiger partial charge in [0, 0.05) is 24.4 Å². The fourth-order valence-electron chi connectivity index (χ4n) is 2.47. The molecule has 2 rings (SSSR count). The molecule has 0 spiro atoms. The summed E-state index contributed by atoms with van der Waals surface area (Å²) in [6.45, 7) is 0.212. The number of hydrogen-bond acceptors (Lipinski definition) is 4. The molecule has 1 aromatic rings. The van der Waals surface area contributed by atoms with E-state index in [2.05, 4.69) is 17.4 Å². The summed E-state index contributed by atoms with van der Waals surface area (Å²) >= 11 is 2.02. The maximum absolute atomic E-state index is 9.26. The number of methoxy groups -OCH3 is 1. The smallest absolute Gasteiger partial charge is 0.118 e. The fraction of sp³-hybridized carbons (Fsp3) is 0.600. The lowest BCUT2D eigenvalue weighted by atomic mass is 10.0. The number of ether oxygens (including phenoxy) is 1. The predicted molar refractivity (Wildman–Crippen MR) is 80.9 cm³/mol. The van der Waals surface area contributed by atoms with Gasteiger partial charge in [0.25, 0.3) is 0 Å². The minimum absolute atomic E-state index is 0.212. The number of aliphatic hydroxyl groups is 1. The molecule has 2 atom stereocenters. The molecule has 1 aliphatic rings. The summed E-state index contributed by atoms with van der Waals surface area (Å²) in [5, 5.41) is 12.9. The van der Waals surface area contributed by atoms with Crippen LogP contribution >= 0.6 is 11.8 Å². The Kier molecular flexibility index (Phi) is 6.01. The molecule has 106 valence electrons. The lowest BCUT2D eigenvalue weighted by Crippen LogP contribution is -2.37. The molecule has 0 saturated carbocycles. The quantitative estimate of drug-likeness (QED) is 0.841. The van der Waals surface area contributed by atoms with Gasteiger partial charge in [-0.25, -0.2) is 0 Å². The first-order valence-electron chi connectivity index (χ1n) is 6.92. The third kappa shape index (κ3) is 4.41. The molecule has 0 aliphatic carbocycles. The van der Waals surface area contributed by atoms with Crippen molar-refractivity contribution in [2.75, 3.05) is 25.2 Å². The molecule has 0 radical (unpaired) electrons. The molecular weight excluding hydrogens is 258 g/mol. The van der Waals surface area contributed by atoms with Crippen LogP contribution in [0.1, 0.15) is 30.9 Å². The van der Waals surface area contributed by atoms with Crippen molar-refractivity contribution in [3.05, 3.63) is 29.8 Å². The zero-order valence-electron chi connectivity index (χ0n) is 11.5. The highest BCUT2D eigenvalue weighted by atomic mass is 32.2. The number of aliphatic hydroxyl groups excluding tert-OH is 1. The average Bonchev–Trinajstić information content (AvgIpc) is 2.48. The van der Waals surface area contributed by atoms with E-state index in [0.29, 0.717) is 6.04 Å². The van der Waals surface area contributed by atoms with Crippen LogP contribution in [0.5, 0.6) is 5.75 Å². The van der Waals surface area contributed by atoms with Gasteiger partial charge in [-0.15, -0.1) is 0 Å².